The molecule has 8 heteroatoms. The molecule has 1 aliphatic rings. The Balaban J connectivity index is 1.49. The molecule has 0 saturated carbocycles. The fourth-order valence-electron chi connectivity index (χ4n) is 3.58. The van der Waals surface area contributed by atoms with Crippen LogP contribution in [0.4, 0.5) is 17.2 Å². The van der Waals surface area contributed by atoms with Crippen LogP contribution >= 0.6 is 0 Å². The highest BCUT2D eigenvalue weighted by Crippen LogP contribution is 2.24. The fourth-order valence-corrected chi connectivity index (χ4v) is 3.58. The van der Waals surface area contributed by atoms with Gasteiger partial charge in [0.25, 0.3) is 5.91 Å². The number of hydrazone groups is 1. The molecule has 1 aliphatic heterocycles. The summed E-state index contributed by atoms with van der Waals surface area (Å²) >= 11 is 0. The first-order valence-corrected chi connectivity index (χ1v) is 10.5. The minimum absolute atomic E-state index is 0.0915. The first kappa shape index (κ1) is 21.5. The van der Waals surface area contributed by atoms with E-state index >= 15 is 0 Å². The number of nitrogens with zero attached hydrogens (tertiary/aromatic N) is 3. The van der Waals surface area contributed by atoms with Crippen LogP contribution in [0.1, 0.15) is 28.8 Å². The monoisotopic (exact) mass is 430 g/mol. The third-order valence-electron chi connectivity index (χ3n) is 5.29. The van der Waals surface area contributed by atoms with E-state index in [0.29, 0.717) is 30.4 Å². The highest BCUT2D eigenvalue weighted by atomic mass is 16.5. The second-order valence-corrected chi connectivity index (χ2v) is 7.63. The van der Waals surface area contributed by atoms with Crippen molar-refractivity contribution in [1.82, 2.24) is 15.3 Å². The van der Waals surface area contributed by atoms with Gasteiger partial charge in [0.2, 0.25) is 0 Å². The van der Waals surface area contributed by atoms with Gasteiger partial charge in [0.15, 0.2) is 5.82 Å². The summed E-state index contributed by atoms with van der Waals surface area (Å²) in [5, 5.41) is 10.1. The zero-order chi connectivity index (χ0) is 22.3. The summed E-state index contributed by atoms with van der Waals surface area (Å²) < 4.78 is 5.36. The van der Waals surface area contributed by atoms with E-state index in [2.05, 4.69) is 37.8 Å². The molecule has 0 bridgehead atoms. The molecule has 32 heavy (non-hydrogen) atoms. The zero-order valence-corrected chi connectivity index (χ0v) is 18.0. The van der Waals surface area contributed by atoms with Crippen LogP contribution in [0.5, 0.6) is 0 Å². The van der Waals surface area contributed by atoms with Crippen LogP contribution < -0.4 is 16.1 Å². The van der Waals surface area contributed by atoms with Gasteiger partial charge in [-0.05, 0) is 61.7 Å². The molecule has 8 nitrogen and oxygen atoms in total. The summed E-state index contributed by atoms with van der Waals surface area (Å²) in [5.74, 6) is 1.11. The number of benzene rings is 2. The van der Waals surface area contributed by atoms with E-state index in [1.165, 1.54) is 0 Å². The van der Waals surface area contributed by atoms with Crippen LogP contribution in [0.25, 0.3) is 11.4 Å². The van der Waals surface area contributed by atoms with Crippen LogP contribution in [-0.2, 0) is 4.74 Å². The lowest BCUT2D eigenvalue weighted by atomic mass is 10.1. The summed E-state index contributed by atoms with van der Waals surface area (Å²) in [6, 6.07) is 15.2. The van der Waals surface area contributed by atoms with Crippen LogP contribution in [0, 0.1) is 6.92 Å². The van der Waals surface area contributed by atoms with Crippen molar-refractivity contribution in [1.29, 1.82) is 0 Å². The molecule has 1 aromatic heterocycles. The lowest BCUT2D eigenvalue weighted by molar-refractivity contribution is 0.0696. The van der Waals surface area contributed by atoms with Gasteiger partial charge in [0.1, 0.15) is 5.82 Å². The van der Waals surface area contributed by atoms with E-state index in [1.54, 1.807) is 18.3 Å². The van der Waals surface area contributed by atoms with Gasteiger partial charge in [0.05, 0.1) is 5.69 Å². The minimum Gasteiger partial charge on any atom is -0.381 e. The minimum atomic E-state index is -0.0915. The molecular weight excluding hydrogens is 404 g/mol. The standard InChI is InChI=1S/C24H26N6O2/c1-16-14-20(6-7-21(16)30-25-2)27-22-8-11-26-23(29-22)17-4-3-5-18(15-17)24(31)28-19-9-12-32-13-10-19/h3-8,11,14-15,19,30H,2,9-10,12-13H2,1H3,(H,28,31)(H,26,27,29). The smallest absolute Gasteiger partial charge is 0.251 e. The molecule has 1 amide bonds. The molecule has 3 N–H and O–H groups in total. The molecule has 1 saturated heterocycles. The van der Waals surface area contributed by atoms with Crippen LogP contribution in [0.3, 0.4) is 0 Å². The lowest BCUT2D eigenvalue weighted by Crippen LogP contribution is -2.38. The molecular formula is C24H26N6O2. The summed E-state index contributed by atoms with van der Waals surface area (Å²) in [6.07, 6.45) is 3.37. The molecule has 0 atom stereocenters. The normalized spacial score (nSPS) is 13.9. The number of hydrogen-bond acceptors (Lipinski definition) is 7. The van der Waals surface area contributed by atoms with Crippen molar-refractivity contribution in [2.24, 2.45) is 5.10 Å². The Morgan fingerprint density at radius 2 is 2.00 bits per heavy atom. The van der Waals surface area contributed by atoms with Gasteiger partial charge < -0.3 is 15.4 Å². The molecule has 1 fully saturated rings. The first-order chi connectivity index (χ1) is 15.6. The van der Waals surface area contributed by atoms with Gasteiger partial charge in [-0.15, -0.1) is 0 Å². The SMILES string of the molecule is C=NNc1ccc(Nc2ccnc(-c3cccc(C(=O)NC4CCOCC4)c3)n2)cc1C. The second-order valence-electron chi connectivity index (χ2n) is 7.63. The lowest BCUT2D eigenvalue weighted by Gasteiger charge is -2.23. The number of ether oxygens (including phenoxy) is 1. The van der Waals surface area contributed by atoms with Crippen LogP contribution in [-0.4, -0.2) is 41.8 Å². The van der Waals surface area contributed by atoms with Gasteiger partial charge in [-0.25, -0.2) is 9.97 Å². The molecule has 164 valence electrons. The van der Waals surface area contributed by atoms with E-state index < -0.39 is 0 Å². The Labute approximate surface area is 187 Å². The summed E-state index contributed by atoms with van der Waals surface area (Å²) in [4.78, 5) is 21.7. The van der Waals surface area contributed by atoms with Gasteiger partial charge in [-0.2, -0.15) is 5.10 Å². The molecule has 4 rings (SSSR count). The number of carbonyl (C=O) groups is 1. The largest absolute Gasteiger partial charge is 0.381 e. The summed E-state index contributed by atoms with van der Waals surface area (Å²) in [7, 11) is 0. The van der Waals surface area contributed by atoms with Crippen molar-refractivity contribution >= 4 is 29.8 Å². The van der Waals surface area contributed by atoms with Gasteiger partial charge >= 0.3 is 0 Å². The number of nitrogens with one attached hydrogen (secondary N) is 3. The van der Waals surface area contributed by atoms with Gasteiger partial charge in [-0.1, -0.05) is 12.1 Å². The molecule has 0 spiro atoms. The van der Waals surface area contributed by atoms with Crippen LogP contribution in [0.15, 0.2) is 59.8 Å². The quantitative estimate of drug-likeness (QED) is 0.385. The highest BCUT2D eigenvalue weighted by molar-refractivity contribution is 5.95. The molecule has 0 radical (unpaired) electrons. The molecule has 0 aliphatic carbocycles. The zero-order valence-electron chi connectivity index (χ0n) is 18.0. The fraction of sp³-hybridized carbons (Fsp3) is 0.250. The number of rotatable bonds is 7. The maximum absolute atomic E-state index is 12.7. The van der Waals surface area contributed by atoms with Crippen molar-refractivity contribution in [2.75, 3.05) is 24.0 Å². The van der Waals surface area contributed by atoms with Crippen molar-refractivity contribution in [3.63, 3.8) is 0 Å². The van der Waals surface area contributed by atoms with E-state index in [4.69, 9.17) is 4.74 Å². The van der Waals surface area contributed by atoms with Crippen LogP contribution in [0.2, 0.25) is 0 Å². The highest BCUT2D eigenvalue weighted by Gasteiger charge is 2.17. The Hall–Kier alpha value is -3.78. The van der Waals surface area contributed by atoms with Crippen molar-refractivity contribution in [3.05, 3.63) is 65.9 Å². The van der Waals surface area contributed by atoms with E-state index in [1.807, 2.05) is 43.3 Å². The number of amides is 1. The third kappa shape index (κ3) is 5.28. The molecule has 2 aromatic carbocycles. The maximum atomic E-state index is 12.7. The van der Waals surface area contributed by atoms with Gasteiger partial charge in [-0.3, -0.25) is 10.2 Å². The van der Waals surface area contributed by atoms with Crippen molar-refractivity contribution < 1.29 is 9.53 Å². The average Bonchev–Trinajstić information content (AvgIpc) is 2.82. The maximum Gasteiger partial charge on any atom is 0.251 e. The Kier molecular flexibility index (Phi) is 6.72. The topological polar surface area (TPSA) is 101 Å². The number of carbonyl (C=O) groups excluding carboxylic acids is 1. The Bertz CT molecular complexity index is 1110. The second kappa shape index (κ2) is 10.0. The average molecular weight is 431 g/mol. The predicted octanol–water partition coefficient (Wildman–Crippen LogP) is 4.13. The Morgan fingerprint density at radius 1 is 1.16 bits per heavy atom. The third-order valence-corrected chi connectivity index (χ3v) is 5.29. The molecule has 2 heterocycles. The Morgan fingerprint density at radius 3 is 2.78 bits per heavy atom. The van der Waals surface area contributed by atoms with E-state index in [9.17, 15) is 4.79 Å². The molecule has 0 unspecified atom stereocenters. The molecule has 3 aromatic rings. The van der Waals surface area contributed by atoms with E-state index in [0.717, 1.165) is 35.3 Å². The van der Waals surface area contributed by atoms with Crippen molar-refractivity contribution in [2.45, 2.75) is 25.8 Å². The summed E-state index contributed by atoms with van der Waals surface area (Å²) in [5.41, 5.74) is 7.04. The number of hydrogen-bond donors (Lipinski definition) is 3. The summed E-state index contributed by atoms with van der Waals surface area (Å²) in [6.45, 7) is 6.80. The number of aromatic nitrogens is 2. The van der Waals surface area contributed by atoms with Gasteiger partial charge in [0, 0.05) is 49.0 Å². The first-order valence-electron chi connectivity index (χ1n) is 10.5. The number of anilines is 3. The number of aryl methyl sites for hydroxylation is 1. The van der Waals surface area contributed by atoms with E-state index in [-0.39, 0.29) is 11.9 Å². The predicted molar refractivity (Wildman–Crippen MR) is 126 cm³/mol. The van der Waals surface area contributed by atoms with Crippen molar-refractivity contribution in [3.8, 4) is 11.4 Å².